The van der Waals surface area contributed by atoms with Gasteiger partial charge in [0.15, 0.2) is 0 Å². The maximum Gasteiger partial charge on any atom is 0.410 e. The van der Waals surface area contributed by atoms with Gasteiger partial charge in [-0.2, -0.15) is 10.1 Å². The minimum absolute atomic E-state index is 0.204. The maximum absolute atomic E-state index is 12.3. The van der Waals surface area contributed by atoms with Gasteiger partial charge in [0.2, 0.25) is 5.82 Å². The van der Waals surface area contributed by atoms with Crippen molar-refractivity contribution in [3.63, 3.8) is 0 Å². The van der Waals surface area contributed by atoms with Crippen molar-refractivity contribution in [1.82, 2.24) is 24.8 Å². The monoisotopic (exact) mass is 452 g/mol. The molecule has 0 aliphatic carbocycles. The fourth-order valence-corrected chi connectivity index (χ4v) is 4.75. The van der Waals surface area contributed by atoms with Crippen molar-refractivity contribution in [2.45, 2.75) is 59.1 Å². The SMILES string of the molecule is CC(C)n1ncc2ccc(-c3noc(N4CC5(CCN(C(=O)OC(C)(C)C)CC5)C4)n3)cc21. The Morgan fingerprint density at radius 1 is 1.18 bits per heavy atom. The second-order valence-corrected chi connectivity index (χ2v) is 10.7. The number of likely N-dealkylation sites (tertiary alicyclic amines) is 1. The average molecular weight is 453 g/mol. The van der Waals surface area contributed by atoms with Gasteiger partial charge in [0.1, 0.15) is 5.60 Å². The number of piperidine rings is 1. The summed E-state index contributed by atoms with van der Waals surface area (Å²) in [6, 6.07) is 6.96. The van der Waals surface area contributed by atoms with Crippen LogP contribution in [0, 0.1) is 5.41 Å². The molecule has 9 nitrogen and oxygen atoms in total. The van der Waals surface area contributed by atoms with Crippen LogP contribution in [0.15, 0.2) is 28.9 Å². The topological polar surface area (TPSA) is 89.5 Å². The molecule has 0 saturated carbocycles. The first kappa shape index (κ1) is 21.7. The summed E-state index contributed by atoms with van der Waals surface area (Å²) in [5, 5.41) is 9.81. The van der Waals surface area contributed by atoms with E-state index in [2.05, 4.69) is 40.1 Å². The quantitative estimate of drug-likeness (QED) is 0.578. The smallest absolute Gasteiger partial charge is 0.410 e. The molecule has 5 rings (SSSR count). The number of hydrogen-bond acceptors (Lipinski definition) is 7. The Balaban J connectivity index is 1.22. The van der Waals surface area contributed by atoms with Crippen LogP contribution in [0.25, 0.3) is 22.3 Å². The van der Waals surface area contributed by atoms with Crippen LogP contribution in [0.2, 0.25) is 0 Å². The van der Waals surface area contributed by atoms with Gasteiger partial charge in [-0.3, -0.25) is 4.68 Å². The Hall–Kier alpha value is -3.10. The van der Waals surface area contributed by atoms with Crippen molar-refractivity contribution in [3.05, 3.63) is 24.4 Å². The zero-order chi connectivity index (χ0) is 23.4. The molecule has 0 unspecified atom stereocenters. The van der Waals surface area contributed by atoms with Crippen LogP contribution < -0.4 is 4.90 Å². The van der Waals surface area contributed by atoms with E-state index in [1.165, 1.54) is 0 Å². The molecule has 2 aliphatic rings. The van der Waals surface area contributed by atoms with Gasteiger partial charge < -0.3 is 19.1 Å². The average Bonchev–Trinajstić information content (AvgIpc) is 3.37. The highest BCUT2D eigenvalue weighted by molar-refractivity contribution is 5.83. The number of nitrogens with zero attached hydrogens (tertiary/aromatic N) is 6. The second kappa shape index (κ2) is 7.74. The lowest BCUT2D eigenvalue weighted by Gasteiger charge is -2.53. The predicted molar refractivity (Wildman–Crippen MR) is 125 cm³/mol. The van der Waals surface area contributed by atoms with Crippen molar-refractivity contribution >= 4 is 23.0 Å². The number of benzene rings is 1. The van der Waals surface area contributed by atoms with Gasteiger partial charge in [-0.15, -0.1) is 0 Å². The molecule has 3 aromatic rings. The van der Waals surface area contributed by atoms with Crippen LogP contribution in [0.1, 0.15) is 53.5 Å². The normalized spacial score (nSPS) is 18.2. The molecule has 2 saturated heterocycles. The summed E-state index contributed by atoms with van der Waals surface area (Å²) in [6.45, 7) is 13.1. The second-order valence-electron chi connectivity index (χ2n) is 10.7. The number of carbonyl (C=O) groups excluding carboxylic acids is 1. The Kier molecular flexibility index (Phi) is 5.10. The minimum atomic E-state index is -0.464. The minimum Gasteiger partial charge on any atom is -0.444 e. The molecular formula is C24H32N6O3. The molecule has 33 heavy (non-hydrogen) atoms. The number of ether oxygens (including phenoxy) is 1. The predicted octanol–water partition coefficient (Wildman–Crippen LogP) is 4.50. The molecule has 176 valence electrons. The molecular weight excluding hydrogens is 420 g/mol. The van der Waals surface area contributed by atoms with E-state index >= 15 is 0 Å². The number of carbonyl (C=O) groups is 1. The van der Waals surface area contributed by atoms with Crippen molar-refractivity contribution in [2.24, 2.45) is 5.41 Å². The standard InChI is InChI=1S/C24H32N6O3/c1-16(2)30-19-12-17(6-7-18(19)13-25-30)20-26-21(33-27-20)29-14-24(15-29)8-10-28(11-9-24)22(31)32-23(3,4)5/h6-7,12-13,16H,8-11,14-15H2,1-5H3. The molecule has 2 aliphatic heterocycles. The van der Waals surface area contributed by atoms with Gasteiger partial charge in [-0.25, -0.2) is 4.79 Å². The van der Waals surface area contributed by atoms with Crippen LogP contribution in [-0.4, -0.2) is 62.7 Å². The zero-order valence-corrected chi connectivity index (χ0v) is 20.0. The summed E-state index contributed by atoms with van der Waals surface area (Å²) in [6.07, 6.45) is 3.58. The molecule has 2 fully saturated rings. The third-order valence-electron chi connectivity index (χ3n) is 6.56. The van der Waals surface area contributed by atoms with Gasteiger partial charge in [0, 0.05) is 48.6 Å². The largest absolute Gasteiger partial charge is 0.444 e. The molecule has 0 radical (unpaired) electrons. The van der Waals surface area contributed by atoms with Crippen molar-refractivity contribution in [2.75, 3.05) is 31.1 Å². The van der Waals surface area contributed by atoms with Crippen LogP contribution in [0.4, 0.5) is 10.8 Å². The van der Waals surface area contributed by atoms with Crippen molar-refractivity contribution < 1.29 is 14.1 Å². The molecule has 1 aromatic carbocycles. The molecule has 0 atom stereocenters. The summed E-state index contributed by atoms with van der Waals surface area (Å²) < 4.78 is 13.1. The number of fused-ring (bicyclic) bond motifs is 1. The molecule has 0 bridgehead atoms. The van der Waals surface area contributed by atoms with Gasteiger partial charge in [-0.05, 0) is 53.5 Å². The molecule has 0 N–H and O–H groups in total. The molecule has 9 heteroatoms. The summed E-state index contributed by atoms with van der Waals surface area (Å²) in [4.78, 5) is 21.0. The zero-order valence-electron chi connectivity index (χ0n) is 20.0. The van der Waals surface area contributed by atoms with Crippen LogP contribution in [0.3, 0.4) is 0 Å². The number of hydrogen-bond donors (Lipinski definition) is 0. The van der Waals surface area contributed by atoms with E-state index < -0.39 is 5.60 Å². The van der Waals surface area contributed by atoms with E-state index in [1.807, 2.05) is 48.7 Å². The summed E-state index contributed by atoms with van der Waals surface area (Å²) in [5.74, 6) is 0.587. The van der Waals surface area contributed by atoms with Gasteiger partial charge in [0.25, 0.3) is 0 Å². The fraction of sp³-hybridized carbons (Fsp3) is 0.583. The fourth-order valence-electron chi connectivity index (χ4n) is 4.75. The number of anilines is 1. The summed E-state index contributed by atoms with van der Waals surface area (Å²) >= 11 is 0. The van der Waals surface area contributed by atoms with Crippen LogP contribution in [0.5, 0.6) is 0 Å². The highest BCUT2D eigenvalue weighted by atomic mass is 16.6. The van der Waals surface area contributed by atoms with Gasteiger partial charge in [-0.1, -0.05) is 17.3 Å². The third-order valence-corrected chi connectivity index (χ3v) is 6.56. The van der Waals surface area contributed by atoms with E-state index in [0.29, 0.717) is 11.8 Å². The van der Waals surface area contributed by atoms with E-state index in [-0.39, 0.29) is 17.6 Å². The van der Waals surface area contributed by atoms with Gasteiger partial charge >= 0.3 is 12.1 Å². The lowest BCUT2D eigenvalue weighted by atomic mass is 9.72. The van der Waals surface area contributed by atoms with E-state index in [9.17, 15) is 4.79 Å². The molecule has 1 spiro atoms. The van der Waals surface area contributed by atoms with Crippen LogP contribution in [-0.2, 0) is 4.74 Å². The Morgan fingerprint density at radius 3 is 2.58 bits per heavy atom. The molecule has 4 heterocycles. The van der Waals surface area contributed by atoms with Crippen molar-refractivity contribution in [1.29, 1.82) is 0 Å². The Labute approximate surface area is 193 Å². The van der Waals surface area contributed by atoms with E-state index in [4.69, 9.17) is 9.26 Å². The highest BCUT2D eigenvalue weighted by Crippen LogP contribution is 2.42. The third kappa shape index (κ3) is 4.16. The van der Waals surface area contributed by atoms with Crippen molar-refractivity contribution in [3.8, 4) is 11.4 Å². The van der Waals surface area contributed by atoms with Crippen LogP contribution >= 0.6 is 0 Å². The van der Waals surface area contributed by atoms with E-state index in [0.717, 1.165) is 55.5 Å². The first-order valence-corrected chi connectivity index (χ1v) is 11.7. The highest BCUT2D eigenvalue weighted by Gasteiger charge is 2.47. The number of aromatic nitrogens is 4. The Bertz CT molecular complexity index is 1160. The molecule has 2 aromatic heterocycles. The van der Waals surface area contributed by atoms with E-state index in [1.54, 1.807) is 0 Å². The Morgan fingerprint density at radius 2 is 1.91 bits per heavy atom. The maximum atomic E-state index is 12.3. The first-order chi connectivity index (χ1) is 15.6. The molecule has 1 amide bonds. The summed E-state index contributed by atoms with van der Waals surface area (Å²) in [5.41, 5.74) is 1.72. The lowest BCUT2D eigenvalue weighted by molar-refractivity contribution is 0.00534. The number of rotatable bonds is 3. The number of amides is 1. The first-order valence-electron chi connectivity index (χ1n) is 11.7. The van der Waals surface area contributed by atoms with Gasteiger partial charge in [0.05, 0.1) is 11.7 Å². The summed E-state index contributed by atoms with van der Waals surface area (Å²) in [7, 11) is 0. The lowest BCUT2D eigenvalue weighted by Crippen LogP contribution is -2.61.